The number of rotatable bonds is 6. The van der Waals surface area contributed by atoms with E-state index in [4.69, 9.17) is 5.14 Å². The molecule has 5 nitrogen and oxygen atoms in total. The summed E-state index contributed by atoms with van der Waals surface area (Å²) in [4.78, 5) is 12.9. The van der Waals surface area contributed by atoms with Crippen LogP contribution >= 0.6 is 0 Å². The van der Waals surface area contributed by atoms with Crippen molar-refractivity contribution in [2.24, 2.45) is 12.2 Å². The third-order valence-electron chi connectivity index (χ3n) is 4.74. The average Bonchev–Trinajstić information content (AvgIpc) is 2.93. The maximum absolute atomic E-state index is 12.9. The lowest BCUT2D eigenvalue weighted by Crippen LogP contribution is -2.24. The van der Waals surface area contributed by atoms with Gasteiger partial charge in [0.05, 0.1) is 5.69 Å². The van der Waals surface area contributed by atoms with Crippen LogP contribution in [-0.4, -0.2) is 18.8 Å². The van der Waals surface area contributed by atoms with Crippen LogP contribution in [-0.2, 0) is 23.5 Å². The Morgan fingerprint density at radius 3 is 2.15 bits per heavy atom. The maximum Gasteiger partial charge on any atom is 0.216 e. The van der Waals surface area contributed by atoms with Gasteiger partial charge in [-0.2, -0.15) is 0 Å². The molecular weight excluding hydrogens is 360 g/mol. The Morgan fingerprint density at radius 2 is 1.59 bits per heavy atom. The van der Waals surface area contributed by atoms with Crippen molar-refractivity contribution in [3.63, 3.8) is 0 Å². The summed E-state index contributed by atoms with van der Waals surface area (Å²) in [6, 6.07) is 19.8. The fourth-order valence-electron chi connectivity index (χ4n) is 3.36. The minimum absolute atomic E-state index is 0.0892. The average molecular weight is 382 g/mol. The van der Waals surface area contributed by atoms with E-state index in [0.29, 0.717) is 16.8 Å². The van der Waals surface area contributed by atoms with E-state index in [1.165, 1.54) is 0 Å². The van der Waals surface area contributed by atoms with Gasteiger partial charge in [0.1, 0.15) is 5.25 Å². The van der Waals surface area contributed by atoms with Crippen molar-refractivity contribution in [3.8, 4) is 0 Å². The van der Waals surface area contributed by atoms with E-state index in [0.717, 1.165) is 11.3 Å². The lowest BCUT2D eigenvalue weighted by Gasteiger charge is -2.16. The predicted molar refractivity (Wildman–Crippen MR) is 106 cm³/mol. The Hall–Kier alpha value is -2.70. The fraction of sp³-hybridized carbons (Fsp3) is 0.190. The Bertz CT molecular complexity index is 1060. The van der Waals surface area contributed by atoms with Crippen molar-refractivity contribution in [3.05, 3.63) is 94.8 Å². The van der Waals surface area contributed by atoms with Gasteiger partial charge in [0.15, 0.2) is 0 Å². The van der Waals surface area contributed by atoms with E-state index in [1.807, 2.05) is 37.3 Å². The zero-order valence-electron chi connectivity index (χ0n) is 15.3. The molecule has 140 valence electrons. The van der Waals surface area contributed by atoms with Crippen molar-refractivity contribution in [2.45, 2.75) is 18.6 Å². The number of aromatic nitrogens is 1. The van der Waals surface area contributed by atoms with Gasteiger partial charge in [-0.05, 0) is 24.1 Å². The van der Waals surface area contributed by atoms with Gasteiger partial charge in [-0.25, -0.2) is 13.6 Å². The van der Waals surface area contributed by atoms with Crippen LogP contribution in [0.25, 0.3) is 0 Å². The van der Waals surface area contributed by atoms with Crippen LogP contribution in [0.1, 0.15) is 38.1 Å². The van der Waals surface area contributed by atoms with Crippen LogP contribution in [0.15, 0.2) is 66.7 Å². The Kier molecular flexibility index (Phi) is 5.30. The van der Waals surface area contributed by atoms with Crippen molar-refractivity contribution in [1.82, 2.24) is 4.57 Å². The third kappa shape index (κ3) is 4.02. The number of sulfonamides is 1. The zero-order chi connectivity index (χ0) is 19.6. The number of benzene rings is 2. The monoisotopic (exact) mass is 382 g/mol. The van der Waals surface area contributed by atoms with Crippen LogP contribution in [0.3, 0.4) is 0 Å². The van der Waals surface area contributed by atoms with Crippen LogP contribution in [0.4, 0.5) is 0 Å². The first-order valence-corrected chi connectivity index (χ1v) is 10.2. The van der Waals surface area contributed by atoms with Crippen molar-refractivity contribution < 1.29 is 13.2 Å². The highest BCUT2D eigenvalue weighted by Gasteiger charge is 2.27. The third-order valence-corrected chi connectivity index (χ3v) is 5.97. The fourth-order valence-corrected chi connectivity index (χ4v) is 4.30. The van der Waals surface area contributed by atoms with Gasteiger partial charge in [-0.15, -0.1) is 0 Å². The highest BCUT2D eigenvalue weighted by atomic mass is 32.2. The van der Waals surface area contributed by atoms with E-state index in [1.54, 1.807) is 48.0 Å². The van der Waals surface area contributed by atoms with Crippen LogP contribution < -0.4 is 5.14 Å². The van der Waals surface area contributed by atoms with Gasteiger partial charge in [-0.1, -0.05) is 60.7 Å². The van der Waals surface area contributed by atoms with E-state index in [9.17, 15) is 13.2 Å². The largest absolute Gasteiger partial charge is 0.345 e. The van der Waals surface area contributed by atoms with Gasteiger partial charge >= 0.3 is 0 Å². The summed E-state index contributed by atoms with van der Waals surface area (Å²) in [6.45, 7) is 1.86. The lowest BCUT2D eigenvalue weighted by atomic mass is 10.1. The molecule has 0 saturated carbocycles. The molecule has 0 saturated heterocycles. The lowest BCUT2D eigenvalue weighted by molar-refractivity contribution is 0.103. The van der Waals surface area contributed by atoms with Crippen LogP contribution in [0.2, 0.25) is 0 Å². The molecule has 0 bridgehead atoms. The van der Waals surface area contributed by atoms with E-state index < -0.39 is 15.3 Å². The number of nitrogens with zero attached hydrogens (tertiary/aromatic N) is 1. The second-order valence-corrected chi connectivity index (χ2v) is 8.36. The van der Waals surface area contributed by atoms with Gasteiger partial charge in [0.25, 0.3) is 0 Å². The molecule has 0 aliphatic heterocycles. The molecule has 2 N–H and O–H groups in total. The van der Waals surface area contributed by atoms with E-state index >= 15 is 0 Å². The van der Waals surface area contributed by atoms with Crippen molar-refractivity contribution in [1.29, 1.82) is 0 Å². The topological polar surface area (TPSA) is 82.2 Å². The first-order valence-electron chi connectivity index (χ1n) is 8.60. The molecule has 3 rings (SSSR count). The SMILES string of the molecule is Cc1cc(CC(c2ccccc2)S(N)(=O)=O)n(C)c1C(=O)c1ccccc1. The van der Waals surface area contributed by atoms with Crippen LogP contribution in [0, 0.1) is 6.92 Å². The summed E-state index contributed by atoms with van der Waals surface area (Å²) in [5, 5.41) is 4.63. The molecule has 0 aliphatic carbocycles. The molecule has 3 aromatic rings. The molecular formula is C21H22N2O3S. The summed E-state index contributed by atoms with van der Waals surface area (Å²) >= 11 is 0. The predicted octanol–water partition coefficient (Wildman–Crippen LogP) is 3.14. The highest BCUT2D eigenvalue weighted by Crippen LogP contribution is 2.27. The minimum atomic E-state index is -3.81. The number of hydrogen-bond donors (Lipinski definition) is 1. The summed E-state index contributed by atoms with van der Waals surface area (Å²) < 4.78 is 26.2. The first kappa shape index (κ1) is 19.1. The number of carbonyl (C=O) groups excluding carboxylic acids is 1. The Morgan fingerprint density at radius 1 is 1.04 bits per heavy atom. The molecule has 2 aromatic carbocycles. The van der Waals surface area contributed by atoms with Gasteiger partial charge in [-0.3, -0.25) is 4.79 Å². The second kappa shape index (κ2) is 7.50. The maximum atomic E-state index is 12.9. The van der Waals surface area contributed by atoms with Gasteiger partial charge < -0.3 is 4.57 Å². The van der Waals surface area contributed by atoms with Crippen molar-refractivity contribution in [2.75, 3.05) is 0 Å². The molecule has 0 aliphatic rings. The van der Waals surface area contributed by atoms with Gasteiger partial charge in [0, 0.05) is 24.7 Å². The quantitative estimate of drug-likeness (QED) is 0.665. The smallest absolute Gasteiger partial charge is 0.216 e. The molecule has 0 fully saturated rings. The summed E-state index contributed by atoms with van der Waals surface area (Å²) in [5.74, 6) is -0.0892. The molecule has 0 amide bonds. The molecule has 1 aromatic heterocycles. The summed E-state index contributed by atoms with van der Waals surface area (Å²) in [6.07, 6.45) is 0.197. The number of primary sulfonamides is 1. The molecule has 0 radical (unpaired) electrons. The Labute approximate surface area is 159 Å². The molecule has 27 heavy (non-hydrogen) atoms. The molecule has 6 heteroatoms. The van der Waals surface area contributed by atoms with E-state index in [-0.39, 0.29) is 12.2 Å². The first-order chi connectivity index (χ1) is 12.8. The standard InChI is InChI=1S/C21H22N2O3S/c1-15-13-18(14-19(27(22,25)26)16-9-5-3-6-10-16)23(2)20(15)21(24)17-11-7-4-8-12-17/h3-13,19H,14H2,1-2H3,(H2,22,25,26). The number of aryl methyl sites for hydroxylation is 1. The van der Waals surface area contributed by atoms with Gasteiger partial charge in [0.2, 0.25) is 15.8 Å². The molecule has 1 unspecified atom stereocenters. The van der Waals surface area contributed by atoms with E-state index in [2.05, 4.69) is 0 Å². The normalized spacial score (nSPS) is 12.7. The van der Waals surface area contributed by atoms with Crippen LogP contribution in [0.5, 0.6) is 0 Å². The second-order valence-electron chi connectivity index (χ2n) is 6.61. The number of carbonyl (C=O) groups is 1. The summed E-state index contributed by atoms with van der Waals surface area (Å²) in [7, 11) is -2.03. The number of hydrogen-bond acceptors (Lipinski definition) is 3. The molecule has 0 spiro atoms. The number of ketones is 1. The summed E-state index contributed by atoms with van der Waals surface area (Å²) in [5.41, 5.74) is 3.34. The number of nitrogens with two attached hydrogens (primary N) is 1. The molecule has 1 atom stereocenters. The zero-order valence-corrected chi connectivity index (χ0v) is 16.1. The minimum Gasteiger partial charge on any atom is -0.345 e. The Balaban J connectivity index is 2.00. The molecule has 1 heterocycles. The highest BCUT2D eigenvalue weighted by molar-refractivity contribution is 7.89. The van der Waals surface area contributed by atoms with Crippen molar-refractivity contribution >= 4 is 15.8 Å².